The number of piperidine rings is 4. The number of hydrogen-bond donors (Lipinski definition) is 0. The molecule has 4 aliphatic heterocycles. The average molecular weight is 698 g/mol. The van der Waals surface area contributed by atoms with Gasteiger partial charge in [0.05, 0.1) is 18.6 Å². The maximum absolute atomic E-state index is 6.00. The number of hydrogen-bond acceptors (Lipinski definition) is 8. The Morgan fingerprint density at radius 2 is 1.14 bits per heavy atom. The molecule has 6 atom stereocenters. The van der Waals surface area contributed by atoms with E-state index >= 15 is 0 Å². The van der Waals surface area contributed by atoms with Crippen LogP contribution in [0.5, 0.6) is 0 Å². The Balaban J connectivity index is 0.000000147. The van der Waals surface area contributed by atoms with Crippen molar-refractivity contribution in [1.29, 1.82) is 0 Å². The van der Waals surface area contributed by atoms with Crippen LogP contribution in [0, 0.1) is 35.5 Å². The van der Waals surface area contributed by atoms with E-state index in [0.717, 1.165) is 91.8 Å². The first-order valence-electron chi connectivity index (χ1n) is 20.8. The number of aromatic nitrogens is 1. The van der Waals surface area contributed by atoms with Gasteiger partial charge in [-0.3, -0.25) is 0 Å². The Kier molecular flexibility index (Phi) is 12.2. The summed E-state index contributed by atoms with van der Waals surface area (Å²) in [4.78, 5) is 10.3. The van der Waals surface area contributed by atoms with Crippen molar-refractivity contribution in [3.8, 4) is 0 Å². The molecule has 0 amide bonds. The van der Waals surface area contributed by atoms with E-state index in [-0.39, 0.29) is 0 Å². The van der Waals surface area contributed by atoms with Crippen molar-refractivity contribution in [2.24, 2.45) is 35.5 Å². The fourth-order valence-corrected chi connectivity index (χ4v) is 9.85. The largest absolute Gasteiger partial charge is 0.381 e. The molecule has 6 aliphatic rings. The zero-order chi connectivity index (χ0) is 34.2. The van der Waals surface area contributed by atoms with Crippen LogP contribution in [0.3, 0.4) is 0 Å². The first-order chi connectivity index (χ1) is 25.3. The monoisotopic (exact) mass is 697 g/mol. The molecule has 2 aliphatic carbocycles. The highest BCUT2D eigenvalue weighted by molar-refractivity contribution is 5.88. The van der Waals surface area contributed by atoms with Crippen molar-refractivity contribution in [3.05, 3.63) is 60.2 Å². The molecule has 5 heterocycles. The van der Waals surface area contributed by atoms with Crippen LogP contribution in [-0.2, 0) is 15.9 Å². The van der Waals surface area contributed by atoms with Gasteiger partial charge in [0.1, 0.15) is 0 Å². The lowest BCUT2D eigenvalue weighted by molar-refractivity contribution is 0.0972. The van der Waals surface area contributed by atoms with Crippen LogP contribution >= 0.6 is 0 Å². The summed E-state index contributed by atoms with van der Waals surface area (Å²) >= 11 is 0. The van der Waals surface area contributed by atoms with Gasteiger partial charge in [0.2, 0.25) is 0 Å². The molecule has 9 rings (SSSR count). The van der Waals surface area contributed by atoms with Gasteiger partial charge in [0, 0.05) is 59.0 Å². The molecule has 2 saturated carbocycles. The number of rotatable bonds is 16. The van der Waals surface area contributed by atoms with Gasteiger partial charge in [0.25, 0.3) is 0 Å². The standard InChI is InChI=1S/C22H34N2O.C21H29N3O2/c1-3-8-19(9-4-1)10-14-24-16-20-21(17-24)22(20)18-25-15-7-13-23-11-5-2-6-12-23;1-4-9-23(10-5-1)11-6-12-25-15-19-17-13-24(14-18(17)19)21-16-7-2-3-8-20(16)26-22-21/h1,3-4,8-9,20-22H,2,5-7,10-18H2;2-3,7-8,17-19H,1,4-6,9-15H2/t20-,21+,22?;17-,18+,19?. The van der Waals surface area contributed by atoms with Gasteiger partial charge in [-0.15, -0.1) is 0 Å². The van der Waals surface area contributed by atoms with E-state index in [4.69, 9.17) is 14.0 Å². The Bertz CT molecular complexity index is 1450. The van der Waals surface area contributed by atoms with Crippen molar-refractivity contribution >= 4 is 16.8 Å². The molecular formula is C43H63N5O3. The van der Waals surface area contributed by atoms with Crippen LogP contribution in [0.1, 0.15) is 56.9 Å². The molecule has 0 N–H and O–H groups in total. The van der Waals surface area contributed by atoms with Gasteiger partial charge in [-0.1, -0.05) is 60.5 Å². The second-order valence-corrected chi connectivity index (χ2v) is 16.5. The van der Waals surface area contributed by atoms with Crippen LogP contribution in [0.4, 0.5) is 5.82 Å². The van der Waals surface area contributed by atoms with Gasteiger partial charge in [-0.25, -0.2) is 0 Å². The van der Waals surface area contributed by atoms with Gasteiger partial charge < -0.3 is 33.6 Å². The van der Waals surface area contributed by atoms with Crippen LogP contribution in [0.2, 0.25) is 0 Å². The number of nitrogens with zero attached hydrogens (tertiary/aromatic N) is 5. The van der Waals surface area contributed by atoms with Crippen molar-refractivity contribution in [1.82, 2.24) is 19.9 Å². The first kappa shape index (κ1) is 35.5. The second kappa shape index (κ2) is 17.6. The molecule has 278 valence electrons. The lowest BCUT2D eigenvalue weighted by atomic mass is 10.1. The summed E-state index contributed by atoms with van der Waals surface area (Å²) in [6, 6.07) is 19.0. The number of benzene rings is 2. The maximum atomic E-state index is 6.00. The first-order valence-corrected chi connectivity index (χ1v) is 20.8. The van der Waals surface area contributed by atoms with Gasteiger partial charge in [-0.05, 0) is 124 Å². The Morgan fingerprint density at radius 1 is 0.588 bits per heavy atom. The van der Waals surface area contributed by atoms with Crippen LogP contribution in [-0.4, -0.2) is 118 Å². The highest BCUT2D eigenvalue weighted by atomic mass is 16.5. The summed E-state index contributed by atoms with van der Waals surface area (Å²) in [5.74, 6) is 6.08. The third-order valence-corrected chi connectivity index (χ3v) is 13.1. The van der Waals surface area contributed by atoms with Gasteiger partial charge in [-0.2, -0.15) is 0 Å². The van der Waals surface area contributed by atoms with Crippen molar-refractivity contribution in [2.45, 2.75) is 57.8 Å². The summed E-state index contributed by atoms with van der Waals surface area (Å²) in [7, 11) is 0. The fraction of sp³-hybridized carbons (Fsp3) is 0.698. The highest BCUT2D eigenvalue weighted by Gasteiger charge is 2.56. The number of likely N-dealkylation sites (tertiary alicyclic amines) is 3. The summed E-state index contributed by atoms with van der Waals surface area (Å²) in [6.45, 7) is 17.5. The van der Waals surface area contributed by atoms with E-state index in [1.807, 2.05) is 12.1 Å². The number of ether oxygens (including phenoxy) is 2. The topological polar surface area (TPSA) is 57.5 Å². The molecule has 8 heteroatoms. The predicted molar refractivity (Wildman–Crippen MR) is 205 cm³/mol. The smallest absolute Gasteiger partial charge is 0.179 e. The summed E-state index contributed by atoms with van der Waals surface area (Å²) < 4.78 is 17.5. The van der Waals surface area contributed by atoms with Crippen LogP contribution < -0.4 is 4.90 Å². The van der Waals surface area contributed by atoms with Crippen molar-refractivity contribution in [3.63, 3.8) is 0 Å². The minimum atomic E-state index is 0.763. The zero-order valence-corrected chi connectivity index (χ0v) is 31.1. The Morgan fingerprint density at radius 3 is 1.75 bits per heavy atom. The lowest BCUT2D eigenvalue weighted by Crippen LogP contribution is -2.31. The molecule has 2 unspecified atom stereocenters. The van der Waals surface area contributed by atoms with Crippen molar-refractivity contribution in [2.75, 3.05) is 103 Å². The molecule has 8 nitrogen and oxygen atoms in total. The van der Waals surface area contributed by atoms with E-state index in [2.05, 4.69) is 67.2 Å². The predicted octanol–water partition coefficient (Wildman–Crippen LogP) is 6.70. The molecule has 2 aromatic carbocycles. The molecule has 0 spiro atoms. The molecule has 1 aromatic heterocycles. The third kappa shape index (κ3) is 9.36. The van der Waals surface area contributed by atoms with E-state index in [9.17, 15) is 0 Å². The number of para-hydroxylation sites is 1. The van der Waals surface area contributed by atoms with Gasteiger partial charge in [0.15, 0.2) is 11.4 Å². The zero-order valence-electron chi connectivity index (χ0n) is 31.1. The molecule has 0 radical (unpaired) electrons. The van der Waals surface area contributed by atoms with Crippen LogP contribution in [0.15, 0.2) is 59.1 Å². The number of anilines is 1. The summed E-state index contributed by atoms with van der Waals surface area (Å²) in [5, 5.41) is 5.44. The van der Waals surface area contributed by atoms with E-state index in [1.165, 1.54) is 122 Å². The summed E-state index contributed by atoms with van der Waals surface area (Å²) in [5.41, 5.74) is 2.35. The minimum absolute atomic E-state index is 0.763. The molecule has 4 saturated heterocycles. The van der Waals surface area contributed by atoms with Gasteiger partial charge >= 0.3 is 0 Å². The van der Waals surface area contributed by atoms with E-state index < -0.39 is 0 Å². The summed E-state index contributed by atoms with van der Waals surface area (Å²) in [6.07, 6.45) is 12.0. The van der Waals surface area contributed by atoms with E-state index in [1.54, 1.807) is 0 Å². The SMILES string of the molecule is c1ccc(CCN2C[C@@H]3C(COCCCN4CCCCC4)[C@@H]3C2)cc1.c1ccc2c(N3C[C@@H]4C(COCCCN5CCCCC5)[C@@H]4C3)noc2c1. The quantitative estimate of drug-likeness (QED) is 0.153. The lowest BCUT2D eigenvalue weighted by Gasteiger charge is -2.26. The second-order valence-electron chi connectivity index (χ2n) is 16.5. The maximum Gasteiger partial charge on any atom is 0.179 e. The van der Waals surface area contributed by atoms with Crippen molar-refractivity contribution < 1.29 is 14.0 Å². The Hall–Kier alpha value is -2.49. The Labute approximate surface area is 306 Å². The van der Waals surface area contributed by atoms with E-state index in [0.29, 0.717) is 0 Å². The average Bonchev–Trinajstić information content (AvgIpc) is 3.67. The molecular weight excluding hydrogens is 635 g/mol. The number of fused-ring (bicyclic) bond motifs is 3. The molecule has 6 fully saturated rings. The normalized spacial score (nSPS) is 29.1. The molecule has 0 bridgehead atoms. The molecule has 51 heavy (non-hydrogen) atoms. The third-order valence-electron chi connectivity index (χ3n) is 13.1. The van der Waals surface area contributed by atoms with Crippen LogP contribution in [0.25, 0.3) is 11.0 Å². The highest BCUT2D eigenvalue weighted by Crippen LogP contribution is 2.53. The minimum Gasteiger partial charge on any atom is -0.381 e. The molecule has 3 aromatic rings. The fourth-order valence-electron chi connectivity index (χ4n) is 9.85.